The number of carbonyl (C=O) groups is 1. The van der Waals surface area contributed by atoms with Crippen molar-refractivity contribution in [3.05, 3.63) is 35.4 Å². The van der Waals surface area contributed by atoms with Crippen LogP contribution in [-0.2, 0) is 16.8 Å². The van der Waals surface area contributed by atoms with Crippen molar-refractivity contribution in [2.24, 2.45) is 5.92 Å². The van der Waals surface area contributed by atoms with Crippen molar-refractivity contribution in [1.29, 1.82) is 0 Å². The highest BCUT2D eigenvalue weighted by atomic mass is 16.4. The lowest BCUT2D eigenvalue weighted by Crippen LogP contribution is -2.22. The second-order valence-corrected chi connectivity index (χ2v) is 6.28. The van der Waals surface area contributed by atoms with Crippen molar-refractivity contribution < 1.29 is 9.90 Å². The molecule has 1 atom stereocenters. The highest BCUT2D eigenvalue weighted by Gasteiger charge is 2.12. The molecule has 0 amide bonds. The molecule has 1 aromatic rings. The molecule has 0 fully saturated rings. The molecule has 1 unspecified atom stereocenters. The van der Waals surface area contributed by atoms with E-state index in [0.717, 1.165) is 13.1 Å². The van der Waals surface area contributed by atoms with Crippen LogP contribution < -0.4 is 5.32 Å². The van der Waals surface area contributed by atoms with E-state index in [1.54, 1.807) is 0 Å². The Morgan fingerprint density at radius 3 is 2.32 bits per heavy atom. The van der Waals surface area contributed by atoms with Crippen LogP contribution in [0, 0.1) is 5.92 Å². The summed E-state index contributed by atoms with van der Waals surface area (Å²) in [6.45, 7) is 10.1. The van der Waals surface area contributed by atoms with Crippen molar-refractivity contribution in [3.8, 4) is 0 Å². The molecular formula is C16H25NO2. The van der Waals surface area contributed by atoms with Crippen molar-refractivity contribution in [3.63, 3.8) is 0 Å². The molecule has 0 aromatic heterocycles. The lowest BCUT2D eigenvalue weighted by molar-refractivity contribution is -0.137. The maximum atomic E-state index is 10.5. The summed E-state index contributed by atoms with van der Waals surface area (Å²) in [5.74, 6) is -0.574. The van der Waals surface area contributed by atoms with Gasteiger partial charge >= 0.3 is 5.97 Å². The molecule has 0 aliphatic heterocycles. The van der Waals surface area contributed by atoms with Gasteiger partial charge in [0.05, 0.1) is 0 Å². The number of nitrogens with one attached hydrogen (secondary N) is 1. The molecule has 0 aliphatic carbocycles. The monoisotopic (exact) mass is 263 g/mol. The van der Waals surface area contributed by atoms with Gasteiger partial charge in [-0.05, 0) is 29.0 Å². The molecule has 2 N–H and O–H groups in total. The predicted molar refractivity (Wildman–Crippen MR) is 78.3 cm³/mol. The topological polar surface area (TPSA) is 49.3 Å². The van der Waals surface area contributed by atoms with E-state index in [4.69, 9.17) is 5.11 Å². The average molecular weight is 263 g/mol. The van der Waals surface area contributed by atoms with E-state index >= 15 is 0 Å². The van der Waals surface area contributed by atoms with E-state index in [9.17, 15) is 4.79 Å². The predicted octanol–water partition coefficient (Wildman–Crippen LogP) is 3.18. The summed E-state index contributed by atoms with van der Waals surface area (Å²) in [6, 6.07) is 8.60. The minimum absolute atomic E-state index is 0.159. The lowest BCUT2D eigenvalue weighted by atomic mass is 9.87. The fourth-order valence-electron chi connectivity index (χ4n) is 1.96. The minimum atomic E-state index is -0.733. The van der Waals surface area contributed by atoms with Crippen LogP contribution in [0.2, 0.25) is 0 Å². The summed E-state index contributed by atoms with van der Waals surface area (Å²) < 4.78 is 0. The van der Waals surface area contributed by atoms with E-state index in [2.05, 4.69) is 50.4 Å². The zero-order valence-electron chi connectivity index (χ0n) is 12.4. The van der Waals surface area contributed by atoms with E-state index in [1.807, 2.05) is 6.92 Å². The smallest absolute Gasteiger partial charge is 0.303 e. The molecule has 19 heavy (non-hydrogen) atoms. The zero-order chi connectivity index (χ0) is 14.5. The minimum Gasteiger partial charge on any atom is -0.481 e. The molecule has 0 radical (unpaired) electrons. The molecule has 1 rings (SSSR count). The van der Waals surface area contributed by atoms with Gasteiger partial charge in [-0.25, -0.2) is 0 Å². The molecule has 3 nitrogen and oxygen atoms in total. The van der Waals surface area contributed by atoms with Gasteiger partial charge in [0.2, 0.25) is 0 Å². The largest absolute Gasteiger partial charge is 0.481 e. The lowest BCUT2D eigenvalue weighted by Gasteiger charge is -2.19. The maximum Gasteiger partial charge on any atom is 0.303 e. The third-order valence-corrected chi connectivity index (χ3v) is 3.16. The standard InChI is InChI=1S/C16H25NO2/c1-12(9-15(18)19)10-17-11-13-5-7-14(8-6-13)16(2,3)4/h5-8,12,17H,9-11H2,1-4H3,(H,18,19). The fraction of sp³-hybridized carbons (Fsp3) is 0.562. The Kier molecular flexibility index (Phi) is 5.55. The number of benzene rings is 1. The van der Waals surface area contributed by atoms with E-state index in [0.29, 0.717) is 0 Å². The summed E-state index contributed by atoms with van der Waals surface area (Å²) >= 11 is 0. The van der Waals surface area contributed by atoms with E-state index < -0.39 is 5.97 Å². The summed E-state index contributed by atoms with van der Waals surface area (Å²) in [6.07, 6.45) is 0.218. The first kappa shape index (κ1) is 15.7. The van der Waals surface area contributed by atoms with Crippen LogP contribution in [0.3, 0.4) is 0 Å². The van der Waals surface area contributed by atoms with Crippen LogP contribution in [0.4, 0.5) is 0 Å². The highest BCUT2D eigenvalue weighted by Crippen LogP contribution is 2.22. The molecule has 0 spiro atoms. The van der Waals surface area contributed by atoms with Gasteiger partial charge in [0.1, 0.15) is 0 Å². The second kappa shape index (κ2) is 6.71. The molecule has 0 heterocycles. The number of carboxylic acids is 1. The van der Waals surface area contributed by atoms with Crippen LogP contribution in [0.25, 0.3) is 0 Å². The normalized spacial score (nSPS) is 13.3. The SMILES string of the molecule is CC(CNCc1ccc(C(C)(C)C)cc1)CC(=O)O. The maximum absolute atomic E-state index is 10.5. The first-order chi connectivity index (χ1) is 8.79. The first-order valence-electron chi connectivity index (χ1n) is 6.81. The van der Waals surface area contributed by atoms with E-state index in [1.165, 1.54) is 11.1 Å². The van der Waals surface area contributed by atoms with Gasteiger partial charge in [-0.1, -0.05) is 52.0 Å². The van der Waals surface area contributed by atoms with Gasteiger partial charge < -0.3 is 10.4 Å². The number of rotatable bonds is 6. The number of hydrogen-bond donors (Lipinski definition) is 2. The Balaban J connectivity index is 2.40. The molecule has 0 aliphatic rings. The molecule has 0 saturated heterocycles. The van der Waals surface area contributed by atoms with Crippen LogP contribution in [0.5, 0.6) is 0 Å². The number of hydrogen-bond acceptors (Lipinski definition) is 2. The average Bonchev–Trinajstić information content (AvgIpc) is 2.27. The Bertz CT molecular complexity index is 404. The molecule has 0 bridgehead atoms. The number of aliphatic carboxylic acids is 1. The molecular weight excluding hydrogens is 238 g/mol. The summed E-state index contributed by atoms with van der Waals surface area (Å²) in [5, 5.41) is 12.0. The molecule has 1 aromatic carbocycles. The molecule has 0 saturated carbocycles. The third-order valence-electron chi connectivity index (χ3n) is 3.16. The molecule has 3 heteroatoms. The Morgan fingerprint density at radius 1 is 1.26 bits per heavy atom. The Morgan fingerprint density at radius 2 is 1.84 bits per heavy atom. The quantitative estimate of drug-likeness (QED) is 0.828. The summed E-state index contributed by atoms with van der Waals surface area (Å²) in [7, 11) is 0. The van der Waals surface area contributed by atoms with Gasteiger partial charge in [0, 0.05) is 13.0 Å². The zero-order valence-corrected chi connectivity index (χ0v) is 12.4. The Labute approximate surface area is 116 Å². The third kappa shape index (κ3) is 5.88. The first-order valence-corrected chi connectivity index (χ1v) is 6.81. The van der Waals surface area contributed by atoms with Crippen LogP contribution in [0.1, 0.15) is 45.2 Å². The second-order valence-electron chi connectivity index (χ2n) is 6.28. The van der Waals surface area contributed by atoms with Crippen molar-refractivity contribution in [2.75, 3.05) is 6.54 Å². The summed E-state index contributed by atoms with van der Waals surface area (Å²) in [5.41, 5.74) is 2.74. The van der Waals surface area contributed by atoms with Crippen LogP contribution >= 0.6 is 0 Å². The fourth-order valence-corrected chi connectivity index (χ4v) is 1.96. The highest BCUT2D eigenvalue weighted by molar-refractivity contribution is 5.66. The van der Waals surface area contributed by atoms with Crippen molar-refractivity contribution in [1.82, 2.24) is 5.32 Å². The Hall–Kier alpha value is -1.35. The summed E-state index contributed by atoms with van der Waals surface area (Å²) in [4.78, 5) is 10.5. The van der Waals surface area contributed by atoms with Gasteiger partial charge in [-0.15, -0.1) is 0 Å². The van der Waals surface area contributed by atoms with Gasteiger partial charge in [0.25, 0.3) is 0 Å². The van der Waals surface area contributed by atoms with Gasteiger partial charge in [-0.3, -0.25) is 4.79 Å². The van der Waals surface area contributed by atoms with Crippen LogP contribution in [-0.4, -0.2) is 17.6 Å². The number of carboxylic acid groups (broad SMARTS) is 1. The van der Waals surface area contributed by atoms with Crippen molar-refractivity contribution in [2.45, 2.75) is 46.1 Å². The van der Waals surface area contributed by atoms with E-state index in [-0.39, 0.29) is 17.8 Å². The van der Waals surface area contributed by atoms with Crippen LogP contribution in [0.15, 0.2) is 24.3 Å². The van der Waals surface area contributed by atoms with Crippen molar-refractivity contribution >= 4 is 5.97 Å². The van der Waals surface area contributed by atoms with Gasteiger partial charge in [-0.2, -0.15) is 0 Å². The van der Waals surface area contributed by atoms with Gasteiger partial charge in [0.15, 0.2) is 0 Å². The molecule has 106 valence electrons.